The van der Waals surface area contributed by atoms with E-state index in [9.17, 15) is 0 Å². The summed E-state index contributed by atoms with van der Waals surface area (Å²) in [7, 11) is 1.73. The lowest BCUT2D eigenvalue weighted by atomic mass is 9.96. The van der Waals surface area contributed by atoms with Crippen LogP contribution in [0.15, 0.2) is 24.3 Å². The van der Waals surface area contributed by atoms with Crippen molar-refractivity contribution >= 4 is 0 Å². The standard InChI is InChI=1S/C13H20O2/c1-13(2,15-3)10-12-6-4-5-11(9-12)7-8-14/h4-6,9,14H,7-8,10H2,1-3H3. The summed E-state index contributed by atoms with van der Waals surface area (Å²) in [5, 5.41) is 8.86. The Morgan fingerprint density at radius 3 is 2.53 bits per heavy atom. The lowest BCUT2D eigenvalue weighted by Crippen LogP contribution is -2.25. The summed E-state index contributed by atoms with van der Waals surface area (Å²) >= 11 is 0. The second-order valence-electron chi connectivity index (χ2n) is 4.43. The molecule has 0 saturated carbocycles. The topological polar surface area (TPSA) is 29.5 Å². The van der Waals surface area contributed by atoms with E-state index < -0.39 is 0 Å². The van der Waals surface area contributed by atoms with Crippen LogP contribution in [0.1, 0.15) is 25.0 Å². The van der Waals surface area contributed by atoms with Crippen LogP contribution in [-0.2, 0) is 17.6 Å². The van der Waals surface area contributed by atoms with Gasteiger partial charge in [-0.2, -0.15) is 0 Å². The van der Waals surface area contributed by atoms with Crippen LogP contribution in [0.3, 0.4) is 0 Å². The van der Waals surface area contributed by atoms with Crippen molar-refractivity contribution in [3.8, 4) is 0 Å². The normalized spacial score (nSPS) is 11.7. The fourth-order valence-electron chi connectivity index (χ4n) is 1.59. The summed E-state index contributed by atoms with van der Waals surface area (Å²) in [6.45, 7) is 4.36. The van der Waals surface area contributed by atoms with Crippen molar-refractivity contribution in [2.24, 2.45) is 0 Å². The molecule has 0 heterocycles. The molecule has 0 amide bonds. The van der Waals surface area contributed by atoms with E-state index in [0.29, 0.717) is 0 Å². The molecule has 0 atom stereocenters. The third kappa shape index (κ3) is 4.02. The fourth-order valence-corrected chi connectivity index (χ4v) is 1.59. The van der Waals surface area contributed by atoms with Gasteiger partial charge in [-0.3, -0.25) is 0 Å². The molecule has 0 saturated heterocycles. The van der Waals surface area contributed by atoms with Crippen LogP contribution < -0.4 is 0 Å². The van der Waals surface area contributed by atoms with E-state index >= 15 is 0 Å². The van der Waals surface area contributed by atoms with Gasteiger partial charge >= 0.3 is 0 Å². The Hall–Kier alpha value is -0.860. The summed E-state index contributed by atoms with van der Waals surface area (Å²) in [6, 6.07) is 8.31. The van der Waals surface area contributed by atoms with Crippen LogP contribution in [0.4, 0.5) is 0 Å². The molecule has 0 aliphatic heterocycles. The van der Waals surface area contributed by atoms with Crippen molar-refractivity contribution in [3.05, 3.63) is 35.4 Å². The van der Waals surface area contributed by atoms with Gasteiger partial charge in [-0.15, -0.1) is 0 Å². The minimum Gasteiger partial charge on any atom is -0.396 e. The maximum Gasteiger partial charge on any atom is 0.0662 e. The van der Waals surface area contributed by atoms with Crippen molar-refractivity contribution in [1.82, 2.24) is 0 Å². The summed E-state index contributed by atoms with van der Waals surface area (Å²) in [4.78, 5) is 0. The van der Waals surface area contributed by atoms with E-state index in [1.165, 1.54) is 11.1 Å². The summed E-state index contributed by atoms with van der Waals surface area (Å²) in [5.74, 6) is 0. The van der Waals surface area contributed by atoms with E-state index in [1.807, 2.05) is 12.1 Å². The number of aliphatic hydroxyl groups excluding tert-OH is 1. The third-order valence-corrected chi connectivity index (χ3v) is 2.57. The largest absolute Gasteiger partial charge is 0.396 e. The van der Waals surface area contributed by atoms with Crippen LogP contribution in [0.25, 0.3) is 0 Å². The van der Waals surface area contributed by atoms with Crippen molar-refractivity contribution in [2.75, 3.05) is 13.7 Å². The van der Waals surface area contributed by atoms with Crippen molar-refractivity contribution < 1.29 is 9.84 Å². The molecule has 0 spiro atoms. The molecular weight excluding hydrogens is 188 g/mol. The smallest absolute Gasteiger partial charge is 0.0662 e. The fraction of sp³-hybridized carbons (Fsp3) is 0.538. The maximum absolute atomic E-state index is 8.86. The Morgan fingerprint density at radius 2 is 1.93 bits per heavy atom. The number of hydrogen-bond donors (Lipinski definition) is 1. The van der Waals surface area contributed by atoms with Crippen molar-refractivity contribution in [3.63, 3.8) is 0 Å². The average molecular weight is 208 g/mol. The number of hydrogen-bond acceptors (Lipinski definition) is 2. The highest BCUT2D eigenvalue weighted by Gasteiger charge is 2.16. The molecule has 2 nitrogen and oxygen atoms in total. The van der Waals surface area contributed by atoms with Crippen molar-refractivity contribution in [1.29, 1.82) is 0 Å². The van der Waals surface area contributed by atoms with Gasteiger partial charge < -0.3 is 9.84 Å². The lowest BCUT2D eigenvalue weighted by molar-refractivity contribution is 0.0232. The van der Waals surface area contributed by atoms with E-state index in [4.69, 9.17) is 9.84 Å². The molecule has 15 heavy (non-hydrogen) atoms. The molecule has 1 N–H and O–H groups in total. The Kier molecular flexibility index (Phi) is 4.30. The predicted molar refractivity (Wildman–Crippen MR) is 62.0 cm³/mol. The average Bonchev–Trinajstić information content (AvgIpc) is 2.18. The molecule has 0 bridgehead atoms. The maximum atomic E-state index is 8.86. The molecular formula is C13H20O2. The number of benzene rings is 1. The SMILES string of the molecule is COC(C)(C)Cc1cccc(CCO)c1. The zero-order valence-corrected chi connectivity index (χ0v) is 9.79. The predicted octanol–water partition coefficient (Wildman–Crippen LogP) is 2.19. The zero-order valence-electron chi connectivity index (χ0n) is 9.79. The van der Waals surface area contributed by atoms with Gasteiger partial charge in [0.2, 0.25) is 0 Å². The first-order chi connectivity index (χ1) is 7.07. The minimum atomic E-state index is -0.127. The molecule has 0 aliphatic rings. The Morgan fingerprint density at radius 1 is 1.27 bits per heavy atom. The highest BCUT2D eigenvalue weighted by molar-refractivity contribution is 5.24. The zero-order chi connectivity index (χ0) is 11.3. The Balaban J connectivity index is 2.73. The van der Waals surface area contributed by atoms with Gasteiger partial charge in [-0.05, 0) is 31.4 Å². The first-order valence-electron chi connectivity index (χ1n) is 5.31. The molecule has 1 aromatic carbocycles. The second-order valence-corrected chi connectivity index (χ2v) is 4.43. The number of rotatable bonds is 5. The lowest BCUT2D eigenvalue weighted by Gasteiger charge is -2.23. The molecule has 1 rings (SSSR count). The van der Waals surface area contributed by atoms with Crippen LogP contribution in [0.5, 0.6) is 0 Å². The monoisotopic (exact) mass is 208 g/mol. The first kappa shape index (κ1) is 12.2. The van der Waals surface area contributed by atoms with E-state index in [0.717, 1.165) is 12.8 Å². The van der Waals surface area contributed by atoms with Gasteiger partial charge in [0.25, 0.3) is 0 Å². The number of ether oxygens (including phenoxy) is 1. The molecule has 0 fully saturated rings. The van der Waals surface area contributed by atoms with Crippen LogP contribution in [-0.4, -0.2) is 24.4 Å². The Bertz CT molecular complexity index is 305. The molecule has 0 aliphatic carbocycles. The van der Waals surface area contributed by atoms with E-state index in [1.54, 1.807) is 7.11 Å². The third-order valence-electron chi connectivity index (χ3n) is 2.57. The van der Waals surface area contributed by atoms with Crippen LogP contribution in [0.2, 0.25) is 0 Å². The molecule has 84 valence electrons. The van der Waals surface area contributed by atoms with Gasteiger partial charge in [0.15, 0.2) is 0 Å². The molecule has 2 heteroatoms. The van der Waals surface area contributed by atoms with Crippen LogP contribution in [0, 0.1) is 0 Å². The first-order valence-corrected chi connectivity index (χ1v) is 5.31. The van der Waals surface area contributed by atoms with Crippen LogP contribution >= 0.6 is 0 Å². The highest BCUT2D eigenvalue weighted by atomic mass is 16.5. The number of aliphatic hydroxyl groups is 1. The van der Waals surface area contributed by atoms with Gasteiger partial charge in [-0.1, -0.05) is 24.3 Å². The van der Waals surface area contributed by atoms with Gasteiger partial charge in [-0.25, -0.2) is 0 Å². The molecule has 0 unspecified atom stereocenters. The second kappa shape index (κ2) is 5.29. The molecule has 1 aromatic rings. The number of methoxy groups -OCH3 is 1. The molecule has 0 radical (unpaired) electrons. The van der Waals surface area contributed by atoms with Gasteiger partial charge in [0, 0.05) is 20.1 Å². The van der Waals surface area contributed by atoms with Gasteiger partial charge in [0.05, 0.1) is 5.60 Å². The summed E-state index contributed by atoms with van der Waals surface area (Å²) in [6.07, 6.45) is 1.62. The van der Waals surface area contributed by atoms with E-state index in [-0.39, 0.29) is 12.2 Å². The van der Waals surface area contributed by atoms with E-state index in [2.05, 4.69) is 26.0 Å². The van der Waals surface area contributed by atoms with Gasteiger partial charge in [0.1, 0.15) is 0 Å². The Labute approximate surface area is 91.9 Å². The highest BCUT2D eigenvalue weighted by Crippen LogP contribution is 2.17. The molecule has 0 aromatic heterocycles. The summed E-state index contributed by atoms with van der Waals surface area (Å²) in [5.41, 5.74) is 2.31. The minimum absolute atomic E-state index is 0.127. The quantitative estimate of drug-likeness (QED) is 0.803. The van der Waals surface area contributed by atoms with Crippen molar-refractivity contribution in [2.45, 2.75) is 32.3 Å². The summed E-state index contributed by atoms with van der Waals surface area (Å²) < 4.78 is 5.39.